The molecule has 1 aliphatic rings. The Labute approximate surface area is 419 Å². The number of phenolic OH excluding ortho intramolecular Hbond substituents is 1. The molecular formula is C54H80N6O11. The van der Waals surface area contributed by atoms with Gasteiger partial charge in [0, 0.05) is 26.0 Å². The minimum absolute atomic E-state index is 0.0361. The van der Waals surface area contributed by atoms with Crippen LogP contribution < -0.4 is 32.7 Å². The molecule has 12 N–H and O–H groups in total. The Morgan fingerprint density at radius 2 is 1.20 bits per heavy atom. The number of hydrogen-bond donors (Lipinski definition) is 10. The first-order valence-corrected chi connectivity index (χ1v) is 25.3. The van der Waals surface area contributed by atoms with Gasteiger partial charge < -0.3 is 62.6 Å². The number of ether oxygens (including phenoxy) is 2. The Kier molecular flexibility index (Phi) is 23.9. The normalized spacial score (nSPS) is 19.5. The summed E-state index contributed by atoms with van der Waals surface area (Å²) in [5.74, 6) is -3.43. The molecule has 0 unspecified atom stereocenters. The predicted octanol–water partition coefficient (Wildman–Crippen LogP) is 3.48. The van der Waals surface area contributed by atoms with E-state index in [0.717, 1.165) is 63.8 Å². The van der Waals surface area contributed by atoms with Gasteiger partial charge in [0.2, 0.25) is 23.6 Å². The summed E-state index contributed by atoms with van der Waals surface area (Å²) in [6, 6.07) is 11.5. The zero-order valence-corrected chi connectivity index (χ0v) is 42.5. The molecule has 71 heavy (non-hydrogen) atoms. The van der Waals surface area contributed by atoms with Crippen molar-refractivity contribution in [3.63, 3.8) is 0 Å². The first-order valence-electron chi connectivity index (χ1n) is 25.3. The lowest BCUT2D eigenvalue weighted by Gasteiger charge is -2.39. The van der Waals surface area contributed by atoms with Crippen LogP contribution in [0.15, 0.2) is 54.6 Å². The number of aryl methyl sites for hydroxylation is 5. The van der Waals surface area contributed by atoms with Gasteiger partial charge in [-0.3, -0.25) is 24.0 Å². The molecule has 17 heteroatoms. The molecule has 9 atom stereocenters. The highest BCUT2D eigenvalue weighted by atomic mass is 16.7. The van der Waals surface area contributed by atoms with Crippen LogP contribution in [0.1, 0.15) is 122 Å². The standard InChI is InChI=1S/C54H80N6O11/c1-7-8-9-10-11-12-13-19-24-70-54-47(64)45(62)46(63)48(71-54)53(69)57-23-18-17-22-42(58-50(66)41(55)30-39-35(5)27-38(61)28-36(39)6)51(67)60-44(31-40-33(3)25-32(2)26-34(40)4)52(68)59-43(49(56)65)29-37-20-15-14-16-21-37/h14-16,20-21,25-28,41-48,54,61-64H,7-13,17-19,22-24,29-31,55H2,1-6H3,(H2,56,65)(H,57,69)(H,58,66)(H,59,68)(H,60,67)/t41-,42+,43-,44-,45-,46-,47+,48-,54+/m0/s1. The number of aromatic hydroxyl groups is 1. The average molecular weight is 989 g/mol. The Balaban J connectivity index is 1.48. The molecule has 17 nitrogen and oxygen atoms in total. The quantitative estimate of drug-likeness (QED) is 0.0448. The van der Waals surface area contributed by atoms with Gasteiger partial charge in [0.25, 0.3) is 5.91 Å². The Bertz CT molecular complexity index is 2160. The molecule has 1 fully saturated rings. The number of aliphatic hydroxyl groups is 3. The van der Waals surface area contributed by atoms with Crippen molar-refractivity contribution in [1.29, 1.82) is 0 Å². The van der Waals surface area contributed by atoms with Crippen molar-refractivity contribution < 1.29 is 53.9 Å². The minimum Gasteiger partial charge on any atom is -0.508 e. The number of benzene rings is 3. The fourth-order valence-electron chi connectivity index (χ4n) is 9.14. The van der Waals surface area contributed by atoms with E-state index < -0.39 is 84.4 Å². The smallest absolute Gasteiger partial charge is 0.252 e. The van der Waals surface area contributed by atoms with E-state index in [2.05, 4.69) is 28.2 Å². The van der Waals surface area contributed by atoms with Gasteiger partial charge in [-0.2, -0.15) is 0 Å². The number of unbranched alkanes of at least 4 members (excludes halogenated alkanes) is 8. The van der Waals surface area contributed by atoms with Crippen LogP contribution in [-0.4, -0.2) is 118 Å². The van der Waals surface area contributed by atoms with Gasteiger partial charge >= 0.3 is 0 Å². The fourth-order valence-corrected chi connectivity index (χ4v) is 9.14. The second kappa shape index (κ2) is 29.2. The van der Waals surface area contributed by atoms with Crippen molar-refractivity contribution in [2.75, 3.05) is 13.2 Å². The SMILES string of the molecule is CCCCCCCCCCO[C@@H]1O[C@H](C(=O)NCCCC[C@@H](NC(=O)[C@@H](N)Cc2c(C)cc(O)cc2C)C(=O)N[C@@H](Cc2c(C)cc(C)cc2C)C(=O)N[C@@H](Cc2ccccc2)C(N)=O)[C@@H](O)[C@H](O)[C@H]1O. The number of primary amides is 1. The van der Waals surface area contributed by atoms with E-state index in [9.17, 15) is 44.4 Å². The lowest BCUT2D eigenvalue weighted by Crippen LogP contribution is -2.62. The van der Waals surface area contributed by atoms with E-state index >= 15 is 0 Å². The Morgan fingerprint density at radius 1 is 0.648 bits per heavy atom. The Hall–Kier alpha value is -5.43. The first-order chi connectivity index (χ1) is 33.8. The predicted molar refractivity (Wildman–Crippen MR) is 271 cm³/mol. The van der Waals surface area contributed by atoms with Gasteiger partial charge in [0.1, 0.15) is 42.2 Å². The molecule has 3 aromatic carbocycles. The number of nitrogens with one attached hydrogen (secondary N) is 4. The highest BCUT2D eigenvalue weighted by Crippen LogP contribution is 2.25. The van der Waals surface area contributed by atoms with E-state index in [1.807, 2.05) is 39.0 Å². The van der Waals surface area contributed by atoms with Crippen molar-refractivity contribution in [1.82, 2.24) is 21.3 Å². The maximum absolute atomic E-state index is 14.5. The van der Waals surface area contributed by atoms with E-state index in [1.165, 1.54) is 25.7 Å². The molecule has 0 saturated carbocycles. The van der Waals surface area contributed by atoms with Crippen molar-refractivity contribution in [3.05, 3.63) is 99.1 Å². The molecule has 1 heterocycles. The molecular weight excluding hydrogens is 909 g/mol. The van der Waals surface area contributed by atoms with E-state index in [4.69, 9.17) is 20.9 Å². The molecule has 0 radical (unpaired) electrons. The summed E-state index contributed by atoms with van der Waals surface area (Å²) in [7, 11) is 0. The first kappa shape index (κ1) is 58.1. The van der Waals surface area contributed by atoms with Crippen LogP contribution in [0.25, 0.3) is 0 Å². The molecule has 1 saturated heterocycles. The lowest BCUT2D eigenvalue weighted by molar-refractivity contribution is -0.290. The van der Waals surface area contributed by atoms with Crippen LogP contribution in [0.5, 0.6) is 5.75 Å². The van der Waals surface area contributed by atoms with Crippen LogP contribution in [0.4, 0.5) is 0 Å². The van der Waals surface area contributed by atoms with Gasteiger partial charge in [0.15, 0.2) is 12.4 Å². The molecule has 3 aromatic rings. The Morgan fingerprint density at radius 3 is 1.82 bits per heavy atom. The van der Waals surface area contributed by atoms with E-state index in [1.54, 1.807) is 50.2 Å². The van der Waals surface area contributed by atoms with Gasteiger partial charge in [-0.15, -0.1) is 0 Å². The number of phenols is 1. The van der Waals surface area contributed by atoms with Gasteiger partial charge in [-0.25, -0.2) is 0 Å². The zero-order chi connectivity index (χ0) is 52.2. The summed E-state index contributed by atoms with van der Waals surface area (Å²) in [5.41, 5.74) is 18.8. The van der Waals surface area contributed by atoms with Crippen molar-refractivity contribution in [2.45, 2.75) is 186 Å². The molecule has 0 bridgehead atoms. The molecule has 4 rings (SSSR count). The van der Waals surface area contributed by atoms with Crippen LogP contribution in [-0.2, 0) is 52.7 Å². The minimum atomic E-state index is -1.73. The number of carbonyl (C=O) groups is 5. The van der Waals surface area contributed by atoms with Crippen LogP contribution in [0.2, 0.25) is 0 Å². The van der Waals surface area contributed by atoms with Crippen LogP contribution >= 0.6 is 0 Å². The third-order valence-electron chi connectivity index (χ3n) is 13.2. The zero-order valence-electron chi connectivity index (χ0n) is 42.5. The van der Waals surface area contributed by atoms with Gasteiger partial charge in [0.05, 0.1) is 6.04 Å². The molecule has 392 valence electrons. The average Bonchev–Trinajstić information content (AvgIpc) is 3.31. The number of nitrogens with two attached hydrogens (primary N) is 2. The summed E-state index contributed by atoms with van der Waals surface area (Å²) < 4.78 is 11.4. The van der Waals surface area contributed by atoms with Crippen LogP contribution in [0, 0.1) is 34.6 Å². The lowest BCUT2D eigenvalue weighted by atomic mass is 9.93. The topological polar surface area (TPSA) is 285 Å². The van der Waals surface area contributed by atoms with Crippen LogP contribution in [0.3, 0.4) is 0 Å². The fraction of sp³-hybridized carbons (Fsp3) is 0.574. The monoisotopic (exact) mass is 989 g/mol. The maximum atomic E-state index is 14.5. The summed E-state index contributed by atoms with van der Waals surface area (Å²) in [4.78, 5) is 68.6. The third kappa shape index (κ3) is 18.3. The number of hydrogen-bond acceptors (Lipinski definition) is 12. The van der Waals surface area contributed by atoms with Crippen molar-refractivity contribution in [2.24, 2.45) is 11.5 Å². The van der Waals surface area contributed by atoms with Gasteiger partial charge in [-0.05, 0) is 118 Å². The molecule has 5 amide bonds. The number of aliphatic hydroxyl groups excluding tert-OH is 3. The van der Waals surface area contributed by atoms with E-state index in [-0.39, 0.29) is 57.4 Å². The summed E-state index contributed by atoms with van der Waals surface area (Å²) in [5, 5.41) is 53.1. The summed E-state index contributed by atoms with van der Waals surface area (Å²) in [6.07, 6.45) is 1.52. The second-order valence-corrected chi connectivity index (χ2v) is 19.3. The summed E-state index contributed by atoms with van der Waals surface area (Å²) in [6.45, 7) is 11.8. The van der Waals surface area contributed by atoms with Crippen molar-refractivity contribution in [3.8, 4) is 5.75 Å². The number of amides is 5. The molecule has 0 aliphatic carbocycles. The summed E-state index contributed by atoms with van der Waals surface area (Å²) >= 11 is 0. The van der Waals surface area contributed by atoms with Gasteiger partial charge in [-0.1, -0.05) is 99.9 Å². The second-order valence-electron chi connectivity index (χ2n) is 19.3. The number of carbonyl (C=O) groups excluding carboxylic acids is 5. The highest BCUT2D eigenvalue weighted by Gasteiger charge is 2.47. The van der Waals surface area contributed by atoms with Crippen molar-refractivity contribution >= 4 is 29.5 Å². The maximum Gasteiger partial charge on any atom is 0.252 e. The molecule has 1 aliphatic heterocycles. The highest BCUT2D eigenvalue weighted by molar-refractivity contribution is 5.95. The largest absolute Gasteiger partial charge is 0.508 e. The molecule has 0 spiro atoms. The number of rotatable bonds is 29. The molecule has 0 aromatic heterocycles. The van der Waals surface area contributed by atoms with E-state index in [0.29, 0.717) is 6.42 Å². The third-order valence-corrected chi connectivity index (χ3v) is 13.2.